The quantitative estimate of drug-likeness (QED) is 0.569. The molecule has 0 saturated carbocycles. The van der Waals surface area contributed by atoms with Gasteiger partial charge in [0.1, 0.15) is 6.54 Å². The summed E-state index contributed by atoms with van der Waals surface area (Å²) in [6, 6.07) is 20.3. The molecule has 3 aromatic carbocycles. The molecule has 1 N–H and O–H groups in total. The number of amides is 3. The fourth-order valence-electron chi connectivity index (χ4n) is 3.70. The van der Waals surface area contributed by atoms with E-state index in [-0.39, 0.29) is 30.5 Å². The average molecular weight is 462 g/mol. The highest BCUT2D eigenvalue weighted by Crippen LogP contribution is 2.29. The number of para-hydroxylation sites is 1. The van der Waals surface area contributed by atoms with Crippen LogP contribution in [0.5, 0.6) is 0 Å². The second kappa shape index (κ2) is 9.26. The molecule has 0 fully saturated rings. The summed E-state index contributed by atoms with van der Waals surface area (Å²) < 4.78 is 0. The van der Waals surface area contributed by atoms with E-state index >= 15 is 0 Å². The molecule has 1 heterocycles. The molecule has 0 radical (unpaired) electrons. The molecular formula is C25H20ClN3O4. The maximum atomic E-state index is 13.4. The molecule has 0 spiro atoms. The zero-order valence-corrected chi connectivity index (χ0v) is 18.5. The van der Waals surface area contributed by atoms with E-state index in [0.717, 1.165) is 5.56 Å². The summed E-state index contributed by atoms with van der Waals surface area (Å²) in [5, 5.41) is 3.09. The van der Waals surface area contributed by atoms with Crippen molar-refractivity contribution in [2.75, 3.05) is 23.4 Å². The molecule has 0 unspecified atom stereocenters. The van der Waals surface area contributed by atoms with Gasteiger partial charge >= 0.3 is 0 Å². The van der Waals surface area contributed by atoms with Crippen LogP contribution in [0.15, 0.2) is 72.8 Å². The van der Waals surface area contributed by atoms with E-state index in [1.165, 1.54) is 16.8 Å². The number of nitrogens with zero attached hydrogens (tertiary/aromatic N) is 2. The number of carbonyl (C=O) groups excluding carboxylic acids is 4. The molecule has 1 aliphatic heterocycles. The minimum absolute atomic E-state index is 0.191. The lowest BCUT2D eigenvalue weighted by Gasteiger charge is -2.26. The summed E-state index contributed by atoms with van der Waals surface area (Å²) >= 11 is 6.12. The number of rotatable bonds is 6. The summed E-state index contributed by atoms with van der Waals surface area (Å²) in [5.41, 5.74) is 2.48. The Balaban J connectivity index is 1.65. The Hall–Kier alpha value is -3.97. The number of hydrogen-bond donors (Lipinski definition) is 1. The van der Waals surface area contributed by atoms with Crippen molar-refractivity contribution < 1.29 is 19.2 Å². The lowest BCUT2D eigenvalue weighted by Crippen LogP contribution is -2.42. The molecule has 0 aliphatic carbocycles. The normalized spacial score (nSPS) is 12.5. The number of fused-ring (bicyclic) bond motifs is 1. The van der Waals surface area contributed by atoms with Gasteiger partial charge in [-0.15, -0.1) is 0 Å². The van der Waals surface area contributed by atoms with Gasteiger partial charge in [0, 0.05) is 23.3 Å². The average Bonchev–Trinajstić information content (AvgIpc) is 3.07. The fourth-order valence-corrected chi connectivity index (χ4v) is 3.92. The summed E-state index contributed by atoms with van der Waals surface area (Å²) in [6.07, 6.45) is 0. The van der Waals surface area contributed by atoms with E-state index in [4.69, 9.17) is 11.6 Å². The Labute approximate surface area is 195 Å². The van der Waals surface area contributed by atoms with Crippen LogP contribution in [0.2, 0.25) is 5.02 Å². The Morgan fingerprint density at radius 2 is 1.70 bits per heavy atom. The van der Waals surface area contributed by atoms with Gasteiger partial charge in [-0.2, -0.15) is 0 Å². The summed E-state index contributed by atoms with van der Waals surface area (Å²) in [7, 11) is 1.54. The van der Waals surface area contributed by atoms with Gasteiger partial charge in [0.25, 0.3) is 17.6 Å². The van der Waals surface area contributed by atoms with Crippen molar-refractivity contribution in [1.29, 1.82) is 0 Å². The SMILES string of the molecule is CNC(=O)c1ccc(N(Cc2cccc(Cl)c2)C(=O)CN2C(=O)C(=O)c3ccccc32)cc1. The molecule has 0 atom stereocenters. The first-order valence-electron chi connectivity index (χ1n) is 10.2. The van der Waals surface area contributed by atoms with Crippen LogP contribution in [0.25, 0.3) is 0 Å². The molecule has 4 rings (SSSR count). The lowest BCUT2D eigenvalue weighted by molar-refractivity contribution is -0.120. The Morgan fingerprint density at radius 3 is 2.39 bits per heavy atom. The largest absolute Gasteiger partial charge is 0.355 e. The summed E-state index contributed by atoms with van der Waals surface area (Å²) in [4.78, 5) is 52.9. The molecule has 0 bridgehead atoms. The molecule has 0 saturated heterocycles. The topological polar surface area (TPSA) is 86.8 Å². The number of nitrogens with one attached hydrogen (secondary N) is 1. The molecule has 166 valence electrons. The summed E-state index contributed by atoms with van der Waals surface area (Å²) in [6.45, 7) is -0.115. The lowest BCUT2D eigenvalue weighted by atomic mass is 10.1. The van der Waals surface area contributed by atoms with Crippen molar-refractivity contribution in [1.82, 2.24) is 5.32 Å². The number of ketones is 1. The van der Waals surface area contributed by atoms with Crippen LogP contribution < -0.4 is 15.1 Å². The van der Waals surface area contributed by atoms with Gasteiger partial charge in [-0.3, -0.25) is 24.1 Å². The van der Waals surface area contributed by atoms with Crippen molar-refractivity contribution >= 4 is 46.5 Å². The fraction of sp³-hybridized carbons (Fsp3) is 0.120. The van der Waals surface area contributed by atoms with Crippen LogP contribution in [-0.4, -0.2) is 37.1 Å². The monoisotopic (exact) mass is 461 g/mol. The van der Waals surface area contributed by atoms with E-state index in [0.29, 0.717) is 22.0 Å². The first kappa shape index (κ1) is 22.2. The summed E-state index contributed by atoms with van der Waals surface area (Å²) in [5.74, 6) is -2.00. The second-order valence-corrected chi connectivity index (χ2v) is 7.91. The standard InChI is InChI=1S/C25H20ClN3O4/c1-27-24(32)17-9-11-19(12-10-17)28(14-16-5-4-6-18(26)13-16)22(30)15-29-21-8-3-2-7-20(21)23(31)25(29)33/h2-13H,14-15H2,1H3,(H,27,32). The maximum absolute atomic E-state index is 13.4. The number of halogens is 1. The molecule has 3 aromatic rings. The van der Waals surface area contributed by atoms with Crippen molar-refractivity contribution in [3.63, 3.8) is 0 Å². The second-order valence-electron chi connectivity index (χ2n) is 7.47. The smallest absolute Gasteiger partial charge is 0.299 e. The third-order valence-corrected chi connectivity index (χ3v) is 5.61. The van der Waals surface area contributed by atoms with Crippen molar-refractivity contribution in [2.24, 2.45) is 0 Å². The van der Waals surface area contributed by atoms with Crippen LogP contribution in [0.1, 0.15) is 26.3 Å². The number of benzene rings is 3. The first-order valence-corrected chi connectivity index (χ1v) is 10.6. The van der Waals surface area contributed by atoms with Crippen LogP contribution in [0.3, 0.4) is 0 Å². The van der Waals surface area contributed by atoms with Gasteiger partial charge in [0.2, 0.25) is 5.91 Å². The van der Waals surface area contributed by atoms with Gasteiger partial charge in [0.15, 0.2) is 0 Å². The van der Waals surface area contributed by atoms with Crippen LogP contribution in [0, 0.1) is 0 Å². The van der Waals surface area contributed by atoms with E-state index in [9.17, 15) is 19.2 Å². The van der Waals surface area contributed by atoms with Gasteiger partial charge < -0.3 is 10.2 Å². The number of anilines is 2. The Morgan fingerprint density at radius 1 is 0.970 bits per heavy atom. The van der Waals surface area contributed by atoms with Crippen LogP contribution >= 0.6 is 11.6 Å². The Kier molecular flexibility index (Phi) is 6.24. The number of Topliss-reactive ketones (excluding diaryl/α,β-unsaturated/α-hetero) is 1. The van der Waals surface area contributed by atoms with Gasteiger partial charge in [-0.05, 0) is 54.1 Å². The molecule has 7 nitrogen and oxygen atoms in total. The van der Waals surface area contributed by atoms with E-state index < -0.39 is 11.7 Å². The highest BCUT2D eigenvalue weighted by molar-refractivity contribution is 6.52. The third-order valence-electron chi connectivity index (χ3n) is 5.37. The minimum atomic E-state index is -0.734. The molecule has 3 amide bonds. The first-order chi connectivity index (χ1) is 15.9. The maximum Gasteiger partial charge on any atom is 0.299 e. The zero-order chi connectivity index (χ0) is 23.5. The molecule has 1 aliphatic rings. The molecular weight excluding hydrogens is 442 g/mol. The van der Waals surface area contributed by atoms with Crippen LogP contribution in [0.4, 0.5) is 11.4 Å². The van der Waals surface area contributed by atoms with Crippen molar-refractivity contribution in [2.45, 2.75) is 6.54 Å². The van der Waals surface area contributed by atoms with Gasteiger partial charge in [0.05, 0.1) is 17.8 Å². The third kappa shape index (κ3) is 4.49. The minimum Gasteiger partial charge on any atom is -0.355 e. The number of hydrogen-bond acceptors (Lipinski definition) is 4. The molecule has 8 heteroatoms. The molecule has 33 heavy (non-hydrogen) atoms. The van der Waals surface area contributed by atoms with Crippen molar-refractivity contribution in [3.05, 3.63) is 94.5 Å². The van der Waals surface area contributed by atoms with Crippen LogP contribution in [-0.2, 0) is 16.1 Å². The predicted molar refractivity (Wildman–Crippen MR) is 126 cm³/mol. The van der Waals surface area contributed by atoms with E-state index in [2.05, 4.69) is 5.32 Å². The zero-order valence-electron chi connectivity index (χ0n) is 17.7. The number of carbonyl (C=O) groups is 4. The van der Waals surface area contributed by atoms with Gasteiger partial charge in [-0.25, -0.2) is 0 Å². The van der Waals surface area contributed by atoms with Crippen molar-refractivity contribution in [3.8, 4) is 0 Å². The Bertz CT molecular complexity index is 1260. The van der Waals surface area contributed by atoms with Gasteiger partial charge in [-0.1, -0.05) is 35.9 Å². The van der Waals surface area contributed by atoms with E-state index in [1.807, 2.05) is 6.07 Å². The highest BCUT2D eigenvalue weighted by atomic mass is 35.5. The molecule has 0 aromatic heterocycles. The predicted octanol–water partition coefficient (Wildman–Crippen LogP) is 3.46. The van der Waals surface area contributed by atoms with E-state index in [1.54, 1.807) is 66.7 Å². The highest BCUT2D eigenvalue weighted by Gasteiger charge is 2.37.